The van der Waals surface area contributed by atoms with Crippen molar-refractivity contribution in [2.45, 2.75) is 6.54 Å². The molecule has 0 bridgehead atoms. The third kappa shape index (κ3) is 1.74. The average molecular weight is 232 g/mol. The summed E-state index contributed by atoms with van der Waals surface area (Å²) in [4.78, 5) is 0. The average Bonchev–Trinajstić information content (AvgIpc) is 2.83. The second-order valence-corrected chi connectivity index (χ2v) is 4.06. The lowest BCUT2D eigenvalue weighted by Gasteiger charge is -2.05. The smallest absolute Gasteiger partial charge is 0.0995 e. The van der Waals surface area contributed by atoms with Gasteiger partial charge in [0.1, 0.15) is 0 Å². The minimum Gasteiger partial charge on any atom is -0.260 e. The zero-order chi connectivity index (χ0) is 12.4. The van der Waals surface area contributed by atoms with E-state index in [-0.39, 0.29) is 0 Å². The van der Waals surface area contributed by atoms with Crippen LogP contribution in [-0.2, 0) is 6.54 Å². The van der Waals surface area contributed by atoms with Crippen LogP contribution in [0.2, 0.25) is 0 Å². The highest BCUT2D eigenvalue weighted by molar-refractivity contribution is 5.78. The molecule has 0 amide bonds. The second-order valence-electron chi connectivity index (χ2n) is 4.06. The van der Waals surface area contributed by atoms with Gasteiger partial charge in [-0.15, -0.1) is 0 Å². The molecule has 0 spiro atoms. The Bertz CT molecular complexity index is 735. The number of hydrogen-bond donors (Lipinski definition) is 0. The van der Waals surface area contributed by atoms with Gasteiger partial charge in [0.15, 0.2) is 0 Å². The van der Waals surface area contributed by atoms with Crippen LogP contribution in [-0.4, -0.2) is 9.78 Å². The fourth-order valence-electron chi connectivity index (χ4n) is 2.02. The molecular weight excluding hydrogens is 222 g/mol. The maximum absolute atomic E-state index is 9.07. The first kappa shape index (κ1) is 10.5. The van der Waals surface area contributed by atoms with Crippen molar-refractivity contribution in [1.82, 2.24) is 9.78 Å². The highest BCUT2D eigenvalue weighted by Gasteiger charge is 2.05. The first-order valence-electron chi connectivity index (χ1n) is 5.68. The van der Waals surface area contributed by atoms with Gasteiger partial charge in [-0.3, -0.25) is 4.68 Å². The first-order chi connectivity index (χ1) is 8.88. The van der Waals surface area contributed by atoms with Crippen LogP contribution in [0.4, 0.5) is 0 Å². The Labute approximate surface area is 105 Å². The van der Waals surface area contributed by atoms with E-state index in [1.54, 1.807) is 0 Å². The van der Waals surface area contributed by atoms with Crippen molar-refractivity contribution < 1.29 is 0 Å². The van der Waals surface area contributed by atoms with Crippen molar-refractivity contribution in [2.24, 2.45) is 0 Å². The van der Waals surface area contributed by atoms with Gasteiger partial charge in [-0.25, -0.2) is 0 Å². The number of nitrogens with zero attached hydrogens (tertiary/aromatic N) is 3. The third-order valence-corrected chi connectivity index (χ3v) is 2.95. The topological polar surface area (TPSA) is 41.6 Å². The zero-order valence-electron chi connectivity index (χ0n) is 9.67. The molecule has 0 atom stereocenters. The zero-order valence-corrected chi connectivity index (χ0v) is 9.67. The van der Waals surface area contributed by atoms with Gasteiger partial charge in [-0.05, 0) is 23.8 Å². The number of rotatable bonds is 2. The molecule has 3 rings (SSSR count). The highest BCUT2D eigenvalue weighted by atomic mass is 15.3. The Hall–Kier alpha value is -2.60. The quantitative estimate of drug-likeness (QED) is 0.681. The molecule has 0 unspecified atom stereocenters. The normalized spacial score (nSPS) is 10.4. The Morgan fingerprint density at radius 3 is 3.06 bits per heavy atom. The molecule has 0 aliphatic heterocycles. The van der Waals surface area contributed by atoms with Crippen LogP contribution in [0.25, 0.3) is 10.9 Å². The van der Waals surface area contributed by atoms with Crippen molar-refractivity contribution >= 4 is 10.9 Å². The van der Waals surface area contributed by atoms with E-state index in [0.717, 1.165) is 16.5 Å². The summed E-state index contributed by atoms with van der Waals surface area (Å²) in [5.74, 6) is 0. The molecule has 85 valence electrons. The summed E-state index contributed by atoms with van der Waals surface area (Å²) in [6.07, 6.45) is 1.83. The Morgan fingerprint density at radius 2 is 2.17 bits per heavy atom. The largest absolute Gasteiger partial charge is 0.260 e. The van der Waals surface area contributed by atoms with Crippen molar-refractivity contribution in [1.29, 1.82) is 5.26 Å². The molecule has 1 heterocycles. The van der Waals surface area contributed by atoms with Crippen LogP contribution in [0.1, 0.15) is 11.1 Å². The van der Waals surface area contributed by atoms with E-state index < -0.39 is 0 Å². The molecule has 3 nitrogen and oxygen atoms in total. The molecule has 0 aliphatic rings. The van der Waals surface area contributed by atoms with Crippen LogP contribution in [0.5, 0.6) is 0 Å². The van der Waals surface area contributed by atoms with Crippen molar-refractivity contribution in [3.8, 4) is 6.07 Å². The van der Waals surface area contributed by atoms with Gasteiger partial charge in [0.05, 0.1) is 29.9 Å². The van der Waals surface area contributed by atoms with Gasteiger partial charge in [0.2, 0.25) is 0 Å². The fourth-order valence-corrected chi connectivity index (χ4v) is 2.02. The molecular formula is C15H10N3. The summed E-state index contributed by atoms with van der Waals surface area (Å²) < 4.78 is 1.89. The summed E-state index contributed by atoms with van der Waals surface area (Å²) in [5, 5.41) is 14.5. The lowest BCUT2D eigenvalue weighted by atomic mass is 10.1. The molecule has 18 heavy (non-hydrogen) atoms. The third-order valence-electron chi connectivity index (χ3n) is 2.95. The monoisotopic (exact) mass is 232 g/mol. The van der Waals surface area contributed by atoms with Crippen LogP contribution in [0, 0.1) is 17.4 Å². The number of benzene rings is 2. The molecule has 0 N–H and O–H groups in total. The molecule has 0 saturated heterocycles. The molecule has 3 heteroatoms. The van der Waals surface area contributed by atoms with Crippen molar-refractivity contribution in [3.63, 3.8) is 0 Å². The minimum absolute atomic E-state index is 0.602. The van der Waals surface area contributed by atoms with E-state index in [1.165, 1.54) is 0 Å². The molecule has 0 fully saturated rings. The summed E-state index contributed by atoms with van der Waals surface area (Å²) in [5.41, 5.74) is 2.71. The second kappa shape index (κ2) is 4.34. The lowest BCUT2D eigenvalue weighted by molar-refractivity contribution is 0.711. The van der Waals surface area contributed by atoms with Gasteiger partial charge in [-0.2, -0.15) is 10.4 Å². The molecule has 1 aromatic heterocycles. The molecule has 0 saturated carbocycles. The number of nitriles is 1. The van der Waals surface area contributed by atoms with Gasteiger partial charge in [-0.1, -0.05) is 30.3 Å². The summed E-state index contributed by atoms with van der Waals surface area (Å²) in [6, 6.07) is 18.6. The molecule has 2 aromatic carbocycles. The summed E-state index contributed by atoms with van der Waals surface area (Å²) in [7, 11) is 0. The van der Waals surface area contributed by atoms with Crippen LogP contribution in [0.3, 0.4) is 0 Å². The van der Waals surface area contributed by atoms with E-state index >= 15 is 0 Å². The van der Waals surface area contributed by atoms with Gasteiger partial charge in [0, 0.05) is 5.39 Å². The summed E-state index contributed by atoms with van der Waals surface area (Å²) >= 11 is 0. The van der Waals surface area contributed by atoms with Crippen LogP contribution in [0.15, 0.2) is 48.7 Å². The minimum atomic E-state index is 0.602. The fraction of sp³-hybridized carbons (Fsp3) is 0.0667. The van der Waals surface area contributed by atoms with Gasteiger partial charge >= 0.3 is 0 Å². The predicted octanol–water partition coefficient (Wildman–Crippen LogP) is 2.76. The van der Waals surface area contributed by atoms with Crippen LogP contribution >= 0.6 is 0 Å². The lowest BCUT2D eigenvalue weighted by Crippen LogP contribution is -2.03. The van der Waals surface area contributed by atoms with E-state index in [0.29, 0.717) is 12.1 Å². The number of aromatic nitrogens is 2. The van der Waals surface area contributed by atoms with Crippen molar-refractivity contribution in [3.05, 3.63) is 65.9 Å². The molecule has 3 aromatic rings. The number of fused-ring (bicyclic) bond motifs is 1. The molecule has 0 aliphatic carbocycles. The number of hydrogen-bond acceptors (Lipinski definition) is 2. The van der Waals surface area contributed by atoms with E-state index in [1.807, 2.05) is 53.3 Å². The maximum Gasteiger partial charge on any atom is 0.0995 e. The first-order valence-corrected chi connectivity index (χ1v) is 5.68. The van der Waals surface area contributed by atoms with E-state index in [4.69, 9.17) is 5.26 Å². The van der Waals surface area contributed by atoms with E-state index in [2.05, 4.69) is 17.2 Å². The SMILES string of the molecule is N#Cc1ccccc1Cn1ncc2cc[c]cc21. The molecule has 1 radical (unpaired) electrons. The Morgan fingerprint density at radius 1 is 1.28 bits per heavy atom. The van der Waals surface area contributed by atoms with Crippen LogP contribution < -0.4 is 0 Å². The predicted molar refractivity (Wildman–Crippen MR) is 68.8 cm³/mol. The highest BCUT2D eigenvalue weighted by Crippen LogP contribution is 2.15. The van der Waals surface area contributed by atoms with Crippen molar-refractivity contribution in [2.75, 3.05) is 0 Å². The Kier molecular flexibility index (Phi) is 2.54. The standard InChI is InChI=1S/C15H10N3/c16-9-12-5-1-2-7-14(12)11-18-15-8-4-3-6-13(15)10-17-18/h1-3,5-8,10H,11H2. The summed E-state index contributed by atoms with van der Waals surface area (Å²) in [6.45, 7) is 0.602. The maximum atomic E-state index is 9.07. The van der Waals surface area contributed by atoms with Gasteiger partial charge in [0.25, 0.3) is 0 Å². The Balaban J connectivity index is 2.05. The van der Waals surface area contributed by atoms with Gasteiger partial charge < -0.3 is 0 Å². The van der Waals surface area contributed by atoms with E-state index in [9.17, 15) is 0 Å².